The summed E-state index contributed by atoms with van der Waals surface area (Å²) in [6, 6.07) is 11.9. The van der Waals surface area contributed by atoms with Gasteiger partial charge in [-0.2, -0.15) is 0 Å². The Bertz CT molecular complexity index is 1310. The number of nitrogens with one attached hydrogen (secondary N) is 1. The molecule has 1 aliphatic heterocycles. The topological polar surface area (TPSA) is 39.1 Å². The van der Waals surface area contributed by atoms with Gasteiger partial charge in [-0.1, -0.05) is 55.1 Å². The number of halogens is 4. The number of hydrogen-bond acceptors (Lipinski definition) is 3. The fourth-order valence-electron chi connectivity index (χ4n) is 4.29. The van der Waals surface area contributed by atoms with Crippen LogP contribution in [0, 0.1) is 0 Å². The summed E-state index contributed by atoms with van der Waals surface area (Å²) in [5.41, 5.74) is 4.69. The lowest BCUT2D eigenvalue weighted by Gasteiger charge is -2.13. The standard InChI is InChI=1S/C23H19Br2Cl2N3O/c24-13-9-17(25)15-1-2-23(29-20(15)10-13)31-8-7-30-21-4-6-28-5-3-14(21)16-11-18(26)19(27)12-22(16)30/h1-2,9-12,28H,3-8H2. The van der Waals surface area contributed by atoms with Crippen molar-refractivity contribution in [3.63, 3.8) is 0 Å². The van der Waals surface area contributed by atoms with Crippen LogP contribution in [0.2, 0.25) is 10.0 Å². The van der Waals surface area contributed by atoms with Gasteiger partial charge in [0.15, 0.2) is 0 Å². The van der Waals surface area contributed by atoms with Crippen LogP contribution in [0.15, 0.2) is 45.3 Å². The van der Waals surface area contributed by atoms with E-state index >= 15 is 0 Å². The van der Waals surface area contributed by atoms with Crippen molar-refractivity contribution in [2.75, 3.05) is 19.7 Å². The van der Waals surface area contributed by atoms with E-state index in [2.05, 4.69) is 46.7 Å². The van der Waals surface area contributed by atoms with Gasteiger partial charge in [0.2, 0.25) is 5.88 Å². The fraction of sp³-hybridized carbons (Fsp3) is 0.261. The molecule has 5 rings (SSSR count). The molecule has 0 amide bonds. The molecule has 0 aliphatic carbocycles. The zero-order chi connectivity index (χ0) is 21.5. The van der Waals surface area contributed by atoms with E-state index < -0.39 is 0 Å². The number of benzene rings is 2. The highest BCUT2D eigenvalue weighted by Gasteiger charge is 2.20. The largest absolute Gasteiger partial charge is 0.476 e. The van der Waals surface area contributed by atoms with Crippen LogP contribution >= 0.6 is 55.1 Å². The molecule has 8 heteroatoms. The minimum Gasteiger partial charge on any atom is -0.476 e. The van der Waals surface area contributed by atoms with Crippen molar-refractivity contribution in [2.24, 2.45) is 0 Å². The lowest BCUT2D eigenvalue weighted by molar-refractivity contribution is 0.289. The van der Waals surface area contributed by atoms with Crippen LogP contribution < -0.4 is 10.1 Å². The van der Waals surface area contributed by atoms with Gasteiger partial charge in [-0.05, 0) is 48.9 Å². The molecule has 1 N–H and O–H groups in total. The molecular weight excluding hydrogens is 565 g/mol. The van der Waals surface area contributed by atoms with Gasteiger partial charge in [0.1, 0.15) is 6.61 Å². The molecule has 4 aromatic rings. The second-order valence-electron chi connectivity index (χ2n) is 7.56. The van der Waals surface area contributed by atoms with Gasteiger partial charge in [-0.3, -0.25) is 0 Å². The Hall–Kier alpha value is -1.31. The summed E-state index contributed by atoms with van der Waals surface area (Å²) in [4.78, 5) is 4.67. The molecule has 4 nitrogen and oxygen atoms in total. The van der Waals surface area contributed by atoms with E-state index in [4.69, 9.17) is 27.9 Å². The Morgan fingerprint density at radius 1 is 1.00 bits per heavy atom. The molecule has 0 fully saturated rings. The lowest BCUT2D eigenvalue weighted by Crippen LogP contribution is -2.18. The molecule has 1 aliphatic rings. The van der Waals surface area contributed by atoms with Gasteiger partial charge in [-0.15, -0.1) is 0 Å². The molecule has 0 saturated carbocycles. The van der Waals surface area contributed by atoms with Crippen molar-refractivity contribution in [2.45, 2.75) is 19.4 Å². The molecular formula is C23H19Br2Cl2N3O. The SMILES string of the molecule is Clc1cc2c3c(n(CCOc4ccc5c(Br)cc(Br)cc5n4)c2cc1Cl)CCNCC3. The maximum Gasteiger partial charge on any atom is 0.213 e. The van der Waals surface area contributed by atoms with Crippen molar-refractivity contribution in [1.82, 2.24) is 14.9 Å². The Labute approximate surface area is 207 Å². The first-order chi connectivity index (χ1) is 15.0. The van der Waals surface area contributed by atoms with Crippen LogP contribution in [0.4, 0.5) is 0 Å². The smallest absolute Gasteiger partial charge is 0.213 e. The number of nitrogens with zero attached hydrogens (tertiary/aromatic N) is 2. The van der Waals surface area contributed by atoms with Crippen LogP contribution in [-0.2, 0) is 19.4 Å². The summed E-state index contributed by atoms with van der Waals surface area (Å²) < 4.78 is 10.4. The second-order valence-corrected chi connectivity index (χ2v) is 10.1. The van der Waals surface area contributed by atoms with Crippen molar-refractivity contribution in [1.29, 1.82) is 0 Å². The van der Waals surface area contributed by atoms with E-state index in [1.807, 2.05) is 36.4 Å². The third-order valence-electron chi connectivity index (χ3n) is 5.68. The highest BCUT2D eigenvalue weighted by Crippen LogP contribution is 2.35. The average molecular weight is 584 g/mol. The Balaban J connectivity index is 1.44. The predicted octanol–water partition coefficient (Wildman–Crippen LogP) is 6.79. The quantitative estimate of drug-likeness (QED) is 0.288. The van der Waals surface area contributed by atoms with Crippen molar-refractivity contribution in [3.05, 3.63) is 66.6 Å². The molecule has 0 unspecified atom stereocenters. The van der Waals surface area contributed by atoms with Gasteiger partial charge >= 0.3 is 0 Å². The summed E-state index contributed by atoms with van der Waals surface area (Å²) in [6.45, 7) is 3.15. The third-order valence-corrected chi connectivity index (χ3v) is 7.52. The molecule has 160 valence electrons. The van der Waals surface area contributed by atoms with Crippen LogP contribution in [0.1, 0.15) is 11.3 Å². The van der Waals surface area contributed by atoms with Gasteiger partial charge in [0.05, 0.1) is 27.6 Å². The van der Waals surface area contributed by atoms with E-state index in [1.54, 1.807) is 0 Å². The van der Waals surface area contributed by atoms with Crippen molar-refractivity contribution < 1.29 is 4.74 Å². The minimum absolute atomic E-state index is 0.511. The lowest BCUT2D eigenvalue weighted by atomic mass is 10.1. The Kier molecular flexibility index (Phi) is 6.19. The Morgan fingerprint density at radius 2 is 1.81 bits per heavy atom. The first-order valence-corrected chi connectivity index (χ1v) is 12.4. The number of aromatic nitrogens is 2. The van der Waals surface area contributed by atoms with Crippen LogP contribution in [-0.4, -0.2) is 29.2 Å². The number of ether oxygens (including phenoxy) is 1. The number of fused-ring (bicyclic) bond motifs is 4. The summed E-state index contributed by atoms with van der Waals surface area (Å²) >= 11 is 19.8. The summed E-state index contributed by atoms with van der Waals surface area (Å²) in [5, 5.41) is 6.90. The number of pyridine rings is 1. The predicted molar refractivity (Wildman–Crippen MR) is 135 cm³/mol. The van der Waals surface area contributed by atoms with E-state index in [9.17, 15) is 0 Å². The van der Waals surface area contributed by atoms with E-state index in [0.717, 1.165) is 51.3 Å². The molecule has 2 aromatic carbocycles. The summed E-state index contributed by atoms with van der Waals surface area (Å²) in [6.07, 6.45) is 1.95. The van der Waals surface area contributed by atoms with Crippen molar-refractivity contribution >= 4 is 76.9 Å². The highest BCUT2D eigenvalue weighted by molar-refractivity contribution is 9.11. The molecule has 0 radical (unpaired) electrons. The first kappa shape index (κ1) is 21.5. The van der Waals surface area contributed by atoms with Gasteiger partial charge < -0.3 is 14.6 Å². The zero-order valence-electron chi connectivity index (χ0n) is 16.5. The zero-order valence-corrected chi connectivity index (χ0v) is 21.2. The highest BCUT2D eigenvalue weighted by atomic mass is 79.9. The average Bonchev–Trinajstić information content (AvgIpc) is 2.88. The van der Waals surface area contributed by atoms with E-state index in [0.29, 0.717) is 29.1 Å². The third kappa shape index (κ3) is 4.21. The van der Waals surface area contributed by atoms with Crippen LogP contribution in [0.5, 0.6) is 5.88 Å². The van der Waals surface area contributed by atoms with Crippen LogP contribution in [0.25, 0.3) is 21.8 Å². The number of hydrogen-bond donors (Lipinski definition) is 1. The van der Waals surface area contributed by atoms with Crippen LogP contribution in [0.3, 0.4) is 0 Å². The molecule has 0 saturated heterocycles. The minimum atomic E-state index is 0.511. The maximum absolute atomic E-state index is 6.36. The van der Waals surface area contributed by atoms with E-state index in [1.165, 1.54) is 16.6 Å². The van der Waals surface area contributed by atoms with Gasteiger partial charge in [-0.25, -0.2) is 4.98 Å². The second kappa shape index (κ2) is 8.91. The molecule has 0 atom stereocenters. The molecule has 3 heterocycles. The first-order valence-electron chi connectivity index (χ1n) is 10.1. The maximum atomic E-state index is 6.36. The summed E-state index contributed by atoms with van der Waals surface area (Å²) in [7, 11) is 0. The normalized spacial score (nSPS) is 14.1. The Morgan fingerprint density at radius 3 is 2.68 bits per heavy atom. The summed E-state index contributed by atoms with van der Waals surface area (Å²) in [5.74, 6) is 0.614. The van der Waals surface area contributed by atoms with Gasteiger partial charge in [0.25, 0.3) is 0 Å². The fourth-order valence-corrected chi connectivity index (χ4v) is 5.95. The molecule has 0 spiro atoms. The monoisotopic (exact) mass is 581 g/mol. The molecule has 0 bridgehead atoms. The molecule has 31 heavy (non-hydrogen) atoms. The van der Waals surface area contributed by atoms with Crippen molar-refractivity contribution in [3.8, 4) is 5.88 Å². The van der Waals surface area contributed by atoms with Gasteiger partial charge in [0, 0.05) is 44.4 Å². The number of rotatable bonds is 4. The van der Waals surface area contributed by atoms with E-state index in [-0.39, 0.29) is 0 Å². The molecule has 2 aromatic heterocycles.